The van der Waals surface area contributed by atoms with Gasteiger partial charge in [0.25, 0.3) is 0 Å². The van der Waals surface area contributed by atoms with Crippen LogP contribution in [-0.2, 0) is 11.3 Å². The van der Waals surface area contributed by atoms with Crippen molar-refractivity contribution in [2.24, 2.45) is 4.99 Å². The Hall–Kier alpha value is -3.10. The summed E-state index contributed by atoms with van der Waals surface area (Å²) in [5.74, 6) is 0.229. The number of nitrogens with one attached hydrogen (secondary N) is 3. The summed E-state index contributed by atoms with van der Waals surface area (Å²) in [6.07, 6.45) is 4.37. The van der Waals surface area contributed by atoms with E-state index in [4.69, 9.17) is 4.74 Å². The molecule has 0 saturated carbocycles. The summed E-state index contributed by atoms with van der Waals surface area (Å²) in [6, 6.07) is 5.01. The summed E-state index contributed by atoms with van der Waals surface area (Å²) in [5, 5.41) is 9.21. The van der Waals surface area contributed by atoms with Crippen LogP contribution in [0.2, 0.25) is 0 Å². The molecule has 0 radical (unpaired) electrons. The van der Waals surface area contributed by atoms with Crippen LogP contribution in [-0.4, -0.2) is 45.8 Å². The van der Waals surface area contributed by atoms with E-state index in [9.17, 15) is 9.18 Å². The second-order valence-electron chi connectivity index (χ2n) is 8.82. The number of imidazole rings is 1. The SMILES string of the molecule is CCNC(=NCc1ccc(-n2ccnc2)c(F)c1)NCC(C)(C)NC(=O)OC(C)(C)C. The van der Waals surface area contributed by atoms with E-state index in [1.807, 2.05) is 47.6 Å². The fraction of sp³-hybridized carbons (Fsp3) is 0.500. The maximum absolute atomic E-state index is 14.4. The summed E-state index contributed by atoms with van der Waals surface area (Å²) in [5.41, 5.74) is 0.0407. The van der Waals surface area contributed by atoms with Crippen LogP contribution in [0.15, 0.2) is 41.9 Å². The standard InChI is InChI=1S/C22H33FN6O2/c1-7-25-19(27-14-22(5,6)28-20(30)31-21(2,3)4)26-13-16-8-9-18(17(23)12-16)29-11-10-24-15-29/h8-12,15H,7,13-14H2,1-6H3,(H,28,30)(H2,25,26,27). The number of rotatable bonds is 7. The molecule has 0 aliphatic rings. The van der Waals surface area contributed by atoms with Crippen molar-refractivity contribution in [3.63, 3.8) is 0 Å². The molecule has 31 heavy (non-hydrogen) atoms. The zero-order valence-electron chi connectivity index (χ0n) is 19.1. The molecule has 0 aliphatic heterocycles. The van der Waals surface area contributed by atoms with Crippen LogP contribution < -0.4 is 16.0 Å². The zero-order chi connectivity index (χ0) is 23.1. The zero-order valence-corrected chi connectivity index (χ0v) is 19.1. The fourth-order valence-corrected chi connectivity index (χ4v) is 2.70. The van der Waals surface area contributed by atoms with Gasteiger partial charge in [-0.1, -0.05) is 6.07 Å². The van der Waals surface area contributed by atoms with Gasteiger partial charge in [-0.05, 0) is 59.2 Å². The second-order valence-corrected chi connectivity index (χ2v) is 8.82. The van der Waals surface area contributed by atoms with Crippen molar-refractivity contribution in [2.75, 3.05) is 13.1 Å². The summed E-state index contributed by atoms with van der Waals surface area (Å²) in [4.78, 5) is 20.5. The summed E-state index contributed by atoms with van der Waals surface area (Å²) < 4.78 is 21.4. The molecule has 0 fully saturated rings. The third kappa shape index (κ3) is 8.27. The lowest BCUT2D eigenvalue weighted by Crippen LogP contribution is -2.54. The molecule has 0 aliphatic carbocycles. The molecule has 9 heteroatoms. The van der Waals surface area contributed by atoms with Crippen LogP contribution in [0.5, 0.6) is 0 Å². The van der Waals surface area contributed by atoms with Gasteiger partial charge in [-0.25, -0.2) is 19.2 Å². The number of aromatic nitrogens is 2. The van der Waals surface area contributed by atoms with E-state index in [0.717, 1.165) is 5.56 Å². The van der Waals surface area contributed by atoms with Crippen molar-refractivity contribution in [3.05, 3.63) is 48.3 Å². The van der Waals surface area contributed by atoms with Gasteiger partial charge in [0.1, 0.15) is 11.4 Å². The first-order valence-electron chi connectivity index (χ1n) is 10.3. The van der Waals surface area contributed by atoms with Crippen molar-refractivity contribution in [1.29, 1.82) is 0 Å². The second kappa shape index (κ2) is 10.3. The smallest absolute Gasteiger partial charge is 0.408 e. The minimum Gasteiger partial charge on any atom is -0.444 e. The van der Waals surface area contributed by atoms with E-state index in [0.29, 0.717) is 31.3 Å². The van der Waals surface area contributed by atoms with Gasteiger partial charge in [0.2, 0.25) is 0 Å². The highest BCUT2D eigenvalue weighted by atomic mass is 19.1. The van der Waals surface area contributed by atoms with E-state index < -0.39 is 17.2 Å². The van der Waals surface area contributed by atoms with Crippen molar-refractivity contribution >= 4 is 12.1 Å². The third-order valence-electron chi connectivity index (χ3n) is 4.10. The lowest BCUT2D eigenvalue weighted by Gasteiger charge is -2.29. The Bertz CT molecular complexity index is 888. The van der Waals surface area contributed by atoms with E-state index in [1.54, 1.807) is 29.4 Å². The first kappa shape index (κ1) is 24.2. The van der Waals surface area contributed by atoms with Crippen molar-refractivity contribution in [3.8, 4) is 5.69 Å². The molecule has 2 aromatic rings. The van der Waals surface area contributed by atoms with Crippen LogP contribution in [0.1, 0.15) is 47.1 Å². The Balaban J connectivity index is 1.98. The number of benzene rings is 1. The van der Waals surface area contributed by atoms with Gasteiger partial charge < -0.3 is 25.3 Å². The maximum Gasteiger partial charge on any atom is 0.408 e. The normalized spacial score (nSPS) is 12.4. The first-order chi connectivity index (χ1) is 14.5. The van der Waals surface area contributed by atoms with Crippen LogP contribution in [0.4, 0.5) is 9.18 Å². The van der Waals surface area contributed by atoms with Gasteiger partial charge in [-0.3, -0.25) is 0 Å². The molecular formula is C22H33FN6O2. The third-order valence-corrected chi connectivity index (χ3v) is 4.10. The van der Waals surface area contributed by atoms with Crippen LogP contribution in [0.25, 0.3) is 5.69 Å². The van der Waals surface area contributed by atoms with Crippen LogP contribution in [0, 0.1) is 5.82 Å². The van der Waals surface area contributed by atoms with E-state index in [1.165, 1.54) is 6.07 Å². The van der Waals surface area contributed by atoms with Gasteiger partial charge >= 0.3 is 6.09 Å². The monoisotopic (exact) mass is 432 g/mol. The van der Waals surface area contributed by atoms with Gasteiger partial charge in [0, 0.05) is 25.5 Å². The Kier molecular flexibility index (Phi) is 8.01. The Morgan fingerprint density at radius 1 is 1.23 bits per heavy atom. The lowest BCUT2D eigenvalue weighted by atomic mass is 10.1. The van der Waals surface area contributed by atoms with Gasteiger partial charge in [0.15, 0.2) is 5.96 Å². The maximum atomic E-state index is 14.4. The molecular weight excluding hydrogens is 399 g/mol. The van der Waals surface area contributed by atoms with Gasteiger partial charge in [0.05, 0.1) is 24.1 Å². The molecule has 1 aromatic heterocycles. The lowest BCUT2D eigenvalue weighted by molar-refractivity contribution is 0.0474. The Labute approximate surface area is 183 Å². The number of guanidine groups is 1. The van der Waals surface area contributed by atoms with Gasteiger partial charge in [-0.2, -0.15) is 0 Å². The Morgan fingerprint density at radius 3 is 2.55 bits per heavy atom. The highest BCUT2D eigenvalue weighted by Gasteiger charge is 2.24. The predicted octanol–water partition coefficient (Wildman–Crippen LogP) is 3.37. The summed E-state index contributed by atoms with van der Waals surface area (Å²) in [7, 11) is 0. The van der Waals surface area contributed by atoms with Crippen molar-refractivity contribution < 1.29 is 13.9 Å². The first-order valence-corrected chi connectivity index (χ1v) is 10.3. The molecule has 0 unspecified atom stereocenters. The van der Waals surface area contributed by atoms with E-state index in [2.05, 4.69) is 25.9 Å². The molecule has 0 saturated heterocycles. The molecule has 170 valence electrons. The van der Waals surface area contributed by atoms with Crippen LogP contribution in [0.3, 0.4) is 0 Å². The number of amides is 1. The van der Waals surface area contributed by atoms with E-state index in [-0.39, 0.29) is 5.82 Å². The molecule has 8 nitrogen and oxygen atoms in total. The molecule has 0 spiro atoms. The molecule has 0 bridgehead atoms. The topological polar surface area (TPSA) is 92.6 Å². The predicted molar refractivity (Wildman–Crippen MR) is 120 cm³/mol. The van der Waals surface area contributed by atoms with Gasteiger partial charge in [-0.15, -0.1) is 0 Å². The number of halogens is 1. The molecule has 1 aromatic carbocycles. The number of alkyl carbamates (subject to hydrolysis) is 1. The molecule has 3 N–H and O–H groups in total. The number of carbonyl (C=O) groups is 1. The number of hydrogen-bond donors (Lipinski definition) is 3. The number of carbonyl (C=O) groups excluding carboxylic acids is 1. The minimum absolute atomic E-state index is 0.302. The average Bonchev–Trinajstić information content (AvgIpc) is 3.16. The molecule has 1 amide bonds. The fourth-order valence-electron chi connectivity index (χ4n) is 2.70. The quantitative estimate of drug-likeness (QED) is 0.461. The van der Waals surface area contributed by atoms with E-state index >= 15 is 0 Å². The highest BCUT2D eigenvalue weighted by molar-refractivity contribution is 5.80. The molecule has 2 rings (SSSR count). The number of ether oxygens (including phenoxy) is 1. The molecule has 1 heterocycles. The highest BCUT2D eigenvalue weighted by Crippen LogP contribution is 2.15. The van der Waals surface area contributed by atoms with Crippen molar-refractivity contribution in [2.45, 2.75) is 59.2 Å². The molecule has 0 atom stereocenters. The minimum atomic E-state index is -0.572. The summed E-state index contributed by atoms with van der Waals surface area (Å²) >= 11 is 0. The number of nitrogens with zero attached hydrogens (tertiary/aromatic N) is 3. The number of hydrogen-bond acceptors (Lipinski definition) is 4. The average molecular weight is 433 g/mol. The summed E-state index contributed by atoms with van der Waals surface area (Å²) in [6.45, 7) is 12.6. The van der Waals surface area contributed by atoms with Crippen LogP contribution >= 0.6 is 0 Å². The van der Waals surface area contributed by atoms with Crippen molar-refractivity contribution in [1.82, 2.24) is 25.5 Å². The largest absolute Gasteiger partial charge is 0.444 e. The number of aliphatic imine (C=N–C) groups is 1. The Morgan fingerprint density at radius 2 is 1.97 bits per heavy atom.